The Morgan fingerprint density at radius 3 is 1.05 bits per heavy atom. The number of phosphoric ester groups is 1. The number of phosphoric acid groups is 1. The van der Waals surface area contributed by atoms with Crippen LogP contribution in [0.5, 0.6) is 0 Å². The van der Waals surface area contributed by atoms with Crippen molar-refractivity contribution in [1.82, 2.24) is 0 Å². The van der Waals surface area contributed by atoms with Crippen LogP contribution >= 0.6 is 7.82 Å². The molecule has 0 radical (unpaired) electrons. The van der Waals surface area contributed by atoms with Crippen LogP contribution in [0.1, 0.15) is 303 Å². The van der Waals surface area contributed by atoms with Crippen molar-refractivity contribution in [2.75, 3.05) is 26.4 Å². The smallest absolute Gasteiger partial charge is 0.462 e. The summed E-state index contributed by atoms with van der Waals surface area (Å²) in [5.74, 6) is -0.832. The normalized spacial score (nSPS) is 13.5. The minimum Gasteiger partial charge on any atom is -0.462 e. The summed E-state index contributed by atoms with van der Waals surface area (Å²) in [5, 5.41) is 0. The van der Waals surface area contributed by atoms with Gasteiger partial charge in [-0.3, -0.25) is 18.6 Å². The molecule has 0 aliphatic heterocycles. The van der Waals surface area contributed by atoms with Crippen LogP contribution in [0.15, 0.2) is 85.1 Å². The molecule has 0 aromatic carbocycles. The number of rotatable bonds is 61. The molecule has 0 amide bonds. The molecule has 0 aromatic heterocycles. The average molecular weight is 1110 g/mol. The van der Waals surface area contributed by atoms with Crippen LogP contribution in [0, 0.1) is 0 Å². The first-order valence-electron chi connectivity index (χ1n) is 32.6. The third-order valence-electron chi connectivity index (χ3n) is 14.0. The predicted molar refractivity (Wildman–Crippen MR) is 335 cm³/mol. The zero-order valence-corrected chi connectivity index (χ0v) is 51.5. The zero-order valence-electron chi connectivity index (χ0n) is 50.6. The van der Waals surface area contributed by atoms with Crippen LogP contribution in [0.3, 0.4) is 0 Å². The van der Waals surface area contributed by atoms with E-state index in [0.29, 0.717) is 6.42 Å². The summed E-state index contributed by atoms with van der Waals surface area (Å²) < 4.78 is 33.1. The van der Waals surface area contributed by atoms with Crippen LogP contribution in [-0.4, -0.2) is 49.3 Å². The van der Waals surface area contributed by atoms with Crippen LogP contribution in [0.2, 0.25) is 0 Å². The fourth-order valence-corrected chi connectivity index (χ4v) is 10.0. The van der Waals surface area contributed by atoms with Gasteiger partial charge in [-0.05, 0) is 70.6 Å². The van der Waals surface area contributed by atoms with Crippen LogP contribution in [0.4, 0.5) is 0 Å². The van der Waals surface area contributed by atoms with Gasteiger partial charge in [-0.1, -0.05) is 304 Å². The molecule has 0 heterocycles. The molecule has 2 atom stereocenters. The van der Waals surface area contributed by atoms with E-state index in [9.17, 15) is 19.0 Å². The first-order valence-corrected chi connectivity index (χ1v) is 34.1. The maximum atomic E-state index is 12.7. The van der Waals surface area contributed by atoms with E-state index in [1.807, 2.05) is 0 Å². The highest BCUT2D eigenvalue weighted by Gasteiger charge is 2.26. The number of nitrogens with two attached hydrogens (primary N) is 1. The van der Waals surface area contributed by atoms with Crippen molar-refractivity contribution >= 4 is 19.8 Å². The highest BCUT2D eigenvalue weighted by Crippen LogP contribution is 2.43. The van der Waals surface area contributed by atoms with Gasteiger partial charge in [-0.2, -0.15) is 0 Å². The Labute approximate surface area is 481 Å². The molecular weight excluding hydrogens is 990 g/mol. The van der Waals surface area contributed by atoms with Gasteiger partial charge < -0.3 is 20.1 Å². The molecule has 0 spiro atoms. The Bertz CT molecular complexity index is 1550. The minimum absolute atomic E-state index is 0.0489. The number of esters is 2. The molecule has 0 bridgehead atoms. The summed E-state index contributed by atoms with van der Waals surface area (Å²) in [6, 6.07) is 0. The van der Waals surface area contributed by atoms with Crippen molar-refractivity contribution in [2.24, 2.45) is 5.73 Å². The number of unbranched alkanes of at least 4 members (excludes halogenated alkanes) is 34. The lowest BCUT2D eigenvalue weighted by Gasteiger charge is -2.19. The highest BCUT2D eigenvalue weighted by atomic mass is 31.2. The van der Waals surface area contributed by atoms with Crippen molar-refractivity contribution in [3.8, 4) is 0 Å². The van der Waals surface area contributed by atoms with Crippen molar-refractivity contribution in [1.29, 1.82) is 0 Å². The Morgan fingerprint density at radius 1 is 0.397 bits per heavy atom. The summed E-state index contributed by atoms with van der Waals surface area (Å²) in [6.07, 6.45) is 83.7. The monoisotopic (exact) mass is 1110 g/mol. The molecule has 0 aliphatic carbocycles. The van der Waals surface area contributed by atoms with Crippen molar-refractivity contribution < 1.29 is 37.6 Å². The molecule has 0 aromatic rings. The van der Waals surface area contributed by atoms with E-state index >= 15 is 0 Å². The second-order valence-electron chi connectivity index (χ2n) is 21.6. The van der Waals surface area contributed by atoms with E-state index in [1.54, 1.807) is 0 Å². The van der Waals surface area contributed by atoms with Crippen molar-refractivity contribution in [3.05, 3.63) is 85.1 Å². The number of hydrogen-bond acceptors (Lipinski definition) is 8. The quantitative estimate of drug-likeness (QED) is 0.0264. The molecule has 10 heteroatoms. The number of hydrogen-bond donors (Lipinski definition) is 2. The van der Waals surface area contributed by atoms with Gasteiger partial charge in [0.2, 0.25) is 0 Å². The fourth-order valence-electron chi connectivity index (χ4n) is 9.27. The summed E-state index contributed by atoms with van der Waals surface area (Å²) in [7, 11) is -4.40. The van der Waals surface area contributed by atoms with E-state index in [-0.39, 0.29) is 38.6 Å². The lowest BCUT2D eigenvalue weighted by Crippen LogP contribution is -2.29. The van der Waals surface area contributed by atoms with Crippen molar-refractivity contribution in [2.45, 2.75) is 309 Å². The van der Waals surface area contributed by atoms with Gasteiger partial charge in [0.05, 0.1) is 13.2 Å². The highest BCUT2D eigenvalue weighted by molar-refractivity contribution is 7.47. The topological polar surface area (TPSA) is 134 Å². The zero-order chi connectivity index (χ0) is 56.6. The SMILES string of the molecule is CC/C=C\C/C=C\C/C=C\C/C=C\C/C=C\C/C=C\C/C=C\CCCCCCCCCC(=O)OC(COC(=O)CCCCCCCCCCCCCCCCCCCCCCCCCCCCCC)COP(=O)(O)OCCN. The molecule has 0 fully saturated rings. The van der Waals surface area contributed by atoms with Gasteiger partial charge in [0.15, 0.2) is 6.10 Å². The molecule has 9 nitrogen and oxygen atoms in total. The Kier molecular flexibility index (Phi) is 61.1. The number of carbonyl (C=O) groups excluding carboxylic acids is 2. The molecule has 0 saturated carbocycles. The van der Waals surface area contributed by atoms with Crippen LogP contribution < -0.4 is 5.73 Å². The fraction of sp³-hybridized carbons (Fsp3) is 0.765. The molecule has 0 rings (SSSR count). The first-order chi connectivity index (χ1) is 38.3. The Balaban J connectivity index is 3.95. The third kappa shape index (κ3) is 62.4. The van der Waals surface area contributed by atoms with Gasteiger partial charge in [-0.25, -0.2) is 4.57 Å². The lowest BCUT2D eigenvalue weighted by molar-refractivity contribution is -0.161. The maximum Gasteiger partial charge on any atom is 0.472 e. The summed E-state index contributed by atoms with van der Waals surface area (Å²) in [4.78, 5) is 35.3. The predicted octanol–water partition coefficient (Wildman–Crippen LogP) is 21.0. The van der Waals surface area contributed by atoms with E-state index in [2.05, 4.69) is 98.9 Å². The molecule has 0 aliphatic rings. The van der Waals surface area contributed by atoms with Gasteiger partial charge >= 0.3 is 19.8 Å². The second-order valence-corrected chi connectivity index (χ2v) is 23.1. The third-order valence-corrected chi connectivity index (χ3v) is 15.0. The van der Waals surface area contributed by atoms with Crippen molar-refractivity contribution in [3.63, 3.8) is 0 Å². The molecule has 3 N–H and O–H groups in total. The summed E-state index contributed by atoms with van der Waals surface area (Å²) >= 11 is 0. The maximum absolute atomic E-state index is 12.7. The van der Waals surface area contributed by atoms with E-state index in [4.69, 9.17) is 24.3 Å². The second kappa shape index (κ2) is 63.4. The Hall–Kier alpha value is -2.81. The van der Waals surface area contributed by atoms with Crippen LogP contribution in [0.25, 0.3) is 0 Å². The van der Waals surface area contributed by atoms with Gasteiger partial charge in [0.25, 0.3) is 0 Å². The average Bonchev–Trinajstić information content (AvgIpc) is 3.43. The van der Waals surface area contributed by atoms with Gasteiger partial charge in [-0.15, -0.1) is 0 Å². The summed E-state index contributed by atoms with van der Waals surface area (Å²) in [6.45, 7) is 3.66. The minimum atomic E-state index is -4.40. The van der Waals surface area contributed by atoms with Gasteiger partial charge in [0.1, 0.15) is 6.61 Å². The van der Waals surface area contributed by atoms with Gasteiger partial charge in [0, 0.05) is 19.4 Å². The van der Waals surface area contributed by atoms with E-state index < -0.39 is 26.5 Å². The molecule has 2 unspecified atom stereocenters. The molecule has 78 heavy (non-hydrogen) atoms. The van der Waals surface area contributed by atoms with E-state index in [1.165, 1.54) is 180 Å². The molecular formula is C68H122NO8P. The molecule has 452 valence electrons. The Morgan fingerprint density at radius 2 is 0.705 bits per heavy atom. The lowest BCUT2D eigenvalue weighted by atomic mass is 10.0. The first kappa shape index (κ1) is 75.2. The number of carbonyl (C=O) groups is 2. The molecule has 0 saturated heterocycles. The number of ether oxygens (including phenoxy) is 2. The standard InChI is InChI=1S/C68H122NO8P/c1-3-5-7-9-11-13-15-17-19-21-23-25-27-29-31-33-35-37-39-41-43-45-47-49-51-53-55-57-59-61-68(71)77-66(65-76-78(72,73)75-63-62-69)64-74-67(70)60-58-56-54-52-50-48-46-44-42-40-38-36-34-32-30-28-26-24-22-20-18-16-14-12-10-8-6-4-2/h5,7,11,13,17,19,23,25,29,31,35,37,41,43,66H,3-4,6,8-10,12,14-16,18,20-22,24,26-28,30,32-34,36,38-40,42,44-65,69H2,1-2H3,(H,72,73)/b7-5-,13-11-,19-17-,25-23-,31-29-,37-35-,43-41-. The summed E-state index contributed by atoms with van der Waals surface area (Å²) in [5.41, 5.74) is 5.39. The number of allylic oxidation sites excluding steroid dienone is 14. The van der Waals surface area contributed by atoms with E-state index in [0.717, 1.165) is 89.9 Å². The largest absolute Gasteiger partial charge is 0.472 e. The van der Waals surface area contributed by atoms with Crippen LogP contribution in [-0.2, 0) is 32.7 Å².